The second-order valence-electron chi connectivity index (χ2n) is 19.9. The van der Waals surface area contributed by atoms with Gasteiger partial charge < -0.3 is 22.5 Å². The zero-order valence-electron chi connectivity index (χ0n) is 44.2. The summed E-state index contributed by atoms with van der Waals surface area (Å²) >= 11 is 5.66. The second-order valence-corrected chi connectivity index (χ2v) is 26.3. The third-order valence-electron chi connectivity index (χ3n) is 13.2. The van der Waals surface area contributed by atoms with Crippen molar-refractivity contribution >= 4 is 71.0 Å². The van der Waals surface area contributed by atoms with E-state index in [1.165, 1.54) is 71.8 Å². The molecule has 2 fully saturated rings. The van der Waals surface area contributed by atoms with E-state index in [9.17, 15) is 48.0 Å². The van der Waals surface area contributed by atoms with Crippen molar-refractivity contribution in [3.8, 4) is 0 Å². The standard InChI is InChI=1S/C19H22ClFN6O3S.C19H21FN6O3S.C11H15FN4O2S/c1-19(11-31(29,30)27(2)18(22)26-19)17-14(21)6-5-12(25-17)8-16(28)15-10-23-13(9-24-15)4-3-7-20;1-19(10-30(28,29)26(2)18(21)25-19)17-13(20)6-5-12(24-17)7-16(27)15-9-22-14(8-23-15)11-3-4-11;1-7-15-11(2,6-19(17,18)16(7)3)10-8(12)4-5-9(13)14-10/h5-6,9-10H,3-4,7-8,11H2,1-2H3,(H2,22,26);5-6,8-9,11H,3-4,7,10H2,1-2H3,(H2,21,25);4-5,15H,1,6H2,2-3H3,(H2,13,14)/t2*19-;11-/m000/s1. The lowest BCUT2D eigenvalue weighted by atomic mass is 9.98. The van der Waals surface area contributed by atoms with Gasteiger partial charge in [0.15, 0.2) is 11.6 Å². The molecule has 31 heteroatoms. The van der Waals surface area contributed by atoms with E-state index in [2.05, 4.69) is 56.8 Å². The number of nitrogens with one attached hydrogen (secondary N) is 1. The van der Waals surface area contributed by atoms with E-state index in [0.717, 1.165) is 61.8 Å². The SMILES string of the molecule is C=C1N[C@](C)(c2nc(N)ccc2F)CS(=O)(=O)N1C.CN1C(N)=N[C@](C)(c2nc(CC(=O)c3cnc(C4CC4)cn3)ccc2F)CS1(=O)=O.CN1C(N)=N[C@](C)(c2nc(CC(=O)c3cnc(CCCCl)cn3)ccc2F)CS1(=O)=O. The van der Waals surface area contributed by atoms with Crippen LogP contribution in [-0.4, -0.2) is 141 Å². The molecule has 0 spiro atoms. The number of guanidine groups is 2. The number of aryl methyl sites for hydroxylation is 1. The minimum absolute atomic E-state index is 0.0367. The molecule has 5 aromatic rings. The number of alkyl halides is 1. The number of carbonyl (C=O) groups excluding carboxylic acids is 2. The van der Waals surface area contributed by atoms with Crippen LogP contribution in [0.4, 0.5) is 19.0 Å². The van der Waals surface area contributed by atoms with Gasteiger partial charge in [0.05, 0.1) is 47.9 Å². The largest absolute Gasteiger partial charge is 0.384 e. The summed E-state index contributed by atoms with van der Waals surface area (Å²) in [4.78, 5) is 62.6. The predicted octanol–water partition coefficient (Wildman–Crippen LogP) is 2.89. The fourth-order valence-electron chi connectivity index (χ4n) is 8.55. The molecule has 1 saturated heterocycles. The Morgan fingerprint density at radius 3 is 1.52 bits per heavy atom. The van der Waals surface area contributed by atoms with E-state index in [1.807, 2.05) is 0 Å². The topological polar surface area (TPSA) is 351 Å². The highest BCUT2D eigenvalue weighted by Crippen LogP contribution is 2.39. The lowest BCUT2D eigenvalue weighted by Gasteiger charge is -2.40. The fraction of sp³-hybridized carbons (Fsp3) is 0.408. The van der Waals surface area contributed by atoms with Gasteiger partial charge in [-0.3, -0.25) is 33.8 Å². The molecule has 24 nitrogen and oxygen atoms in total. The van der Waals surface area contributed by atoms with Crippen LogP contribution in [-0.2, 0) is 65.9 Å². The lowest BCUT2D eigenvalue weighted by molar-refractivity contribution is 0.0978. The Labute approximate surface area is 465 Å². The van der Waals surface area contributed by atoms with E-state index in [-0.39, 0.29) is 93.6 Å². The normalized spacial score (nSPS) is 22.8. The number of nitrogens with zero attached hydrogens (tertiary/aromatic N) is 12. The van der Waals surface area contributed by atoms with E-state index in [4.69, 9.17) is 28.8 Å². The first-order valence-corrected chi connectivity index (χ1v) is 29.7. The molecule has 3 aliphatic heterocycles. The summed E-state index contributed by atoms with van der Waals surface area (Å²) in [5.74, 6) is -3.37. The maximum atomic E-state index is 14.6. The average molecular weight is 1190 g/mol. The van der Waals surface area contributed by atoms with Crippen LogP contribution in [0.3, 0.4) is 0 Å². The Kier molecular flexibility index (Phi) is 17.3. The molecule has 5 aromatic heterocycles. The summed E-state index contributed by atoms with van der Waals surface area (Å²) in [6.07, 6.45) is 9.24. The third-order valence-corrected chi connectivity index (χ3v) is 19.4. The predicted molar refractivity (Wildman–Crippen MR) is 290 cm³/mol. The maximum absolute atomic E-state index is 14.6. The highest BCUT2D eigenvalue weighted by molar-refractivity contribution is 7.90. The molecular formula is C49H58ClF3N16O8S3. The molecule has 1 saturated carbocycles. The summed E-state index contributed by atoms with van der Waals surface area (Å²) in [7, 11) is -7.22. The van der Waals surface area contributed by atoms with Gasteiger partial charge in [0.2, 0.25) is 42.0 Å². The smallest absolute Gasteiger partial charge is 0.239 e. The quantitative estimate of drug-likeness (QED) is 0.0972. The van der Waals surface area contributed by atoms with E-state index < -0.39 is 75.6 Å². The number of aliphatic imine (C=N–C) groups is 2. The number of nitrogens with two attached hydrogens (primary N) is 3. The number of hydrogen-bond donors (Lipinski definition) is 4. The van der Waals surface area contributed by atoms with Gasteiger partial charge in [-0.25, -0.2) is 72.0 Å². The van der Waals surface area contributed by atoms with Gasteiger partial charge in [-0.1, -0.05) is 6.58 Å². The maximum Gasteiger partial charge on any atom is 0.239 e. The second kappa shape index (κ2) is 23.0. The molecule has 0 aromatic carbocycles. The van der Waals surface area contributed by atoms with Crippen molar-refractivity contribution in [1.29, 1.82) is 0 Å². The Morgan fingerprint density at radius 2 is 1.10 bits per heavy atom. The van der Waals surface area contributed by atoms with Crippen molar-refractivity contribution in [3.05, 3.63) is 142 Å². The first-order chi connectivity index (χ1) is 37.3. The zero-order chi connectivity index (χ0) is 58.9. The van der Waals surface area contributed by atoms with Crippen LogP contribution in [0.1, 0.15) is 107 Å². The molecule has 0 unspecified atom stereocenters. The molecule has 7 N–H and O–H groups in total. The molecule has 4 aliphatic rings. The monoisotopic (exact) mass is 1190 g/mol. The van der Waals surface area contributed by atoms with E-state index >= 15 is 0 Å². The van der Waals surface area contributed by atoms with Gasteiger partial charge in [0, 0.05) is 56.7 Å². The van der Waals surface area contributed by atoms with Crippen molar-refractivity contribution in [1.82, 2.24) is 53.1 Å². The number of sulfonamides is 3. The molecular weight excluding hydrogens is 1130 g/mol. The highest BCUT2D eigenvalue weighted by Gasteiger charge is 2.46. The molecule has 0 amide bonds. The fourth-order valence-corrected chi connectivity index (χ4v) is 13.1. The first kappa shape index (κ1) is 60.2. The number of Topliss-reactive ketones (excluding diaryl/α,β-unsaturated/α-hetero) is 2. The summed E-state index contributed by atoms with van der Waals surface area (Å²) in [6, 6.07) is 7.50. The van der Waals surface area contributed by atoms with Gasteiger partial charge >= 0.3 is 0 Å². The van der Waals surface area contributed by atoms with Crippen molar-refractivity contribution in [2.45, 2.75) is 81.8 Å². The Bertz CT molecular complexity index is 3660. The van der Waals surface area contributed by atoms with Gasteiger partial charge in [-0.2, -0.15) is 0 Å². The van der Waals surface area contributed by atoms with Gasteiger partial charge in [0.25, 0.3) is 0 Å². The van der Waals surface area contributed by atoms with Crippen molar-refractivity contribution in [3.63, 3.8) is 0 Å². The van der Waals surface area contributed by atoms with Gasteiger partial charge in [-0.05, 0) is 82.9 Å². The average Bonchev–Trinajstić information content (AvgIpc) is 4.34. The number of hydrogen-bond acceptors (Lipinski definition) is 21. The Hall–Kier alpha value is -7.44. The van der Waals surface area contributed by atoms with Crippen molar-refractivity contribution < 1.29 is 48.0 Å². The van der Waals surface area contributed by atoms with Crippen LogP contribution in [0.5, 0.6) is 0 Å². The van der Waals surface area contributed by atoms with Crippen LogP contribution in [0.15, 0.2) is 83.6 Å². The minimum atomic E-state index is -3.80. The van der Waals surface area contributed by atoms with Crippen LogP contribution < -0.4 is 22.5 Å². The summed E-state index contributed by atoms with van der Waals surface area (Å²) in [5, 5.41) is 2.88. The number of carbonyl (C=O) groups is 2. The zero-order valence-corrected chi connectivity index (χ0v) is 47.4. The van der Waals surface area contributed by atoms with E-state index in [1.54, 1.807) is 13.1 Å². The number of ketones is 2. The van der Waals surface area contributed by atoms with Crippen LogP contribution in [0.25, 0.3) is 0 Å². The molecule has 9 rings (SSSR count). The Morgan fingerprint density at radius 1 is 0.637 bits per heavy atom. The molecule has 1 aliphatic carbocycles. The Balaban J connectivity index is 0.000000179. The number of rotatable bonds is 13. The number of aromatic nitrogens is 7. The molecule has 0 radical (unpaired) electrons. The molecule has 0 bridgehead atoms. The van der Waals surface area contributed by atoms with Crippen molar-refractivity contribution in [2.24, 2.45) is 21.5 Å². The van der Waals surface area contributed by atoms with Crippen LogP contribution in [0.2, 0.25) is 0 Å². The van der Waals surface area contributed by atoms with Crippen LogP contribution >= 0.6 is 11.6 Å². The highest BCUT2D eigenvalue weighted by atomic mass is 35.5. The third kappa shape index (κ3) is 13.4. The lowest BCUT2D eigenvalue weighted by Crippen LogP contribution is -2.56. The summed E-state index contributed by atoms with van der Waals surface area (Å²) < 4.78 is 119. The van der Waals surface area contributed by atoms with Crippen molar-refractivity contribution in [2.75, 3.05) is 50.0 Å². The number of halogens is 4. The summed E-state index contributed by atoms with van der Waals surface area (Å²) in [6.45, 7) is 8.05. The molecule has 428 valence electrons. The number of anilines is 1. The van der Waals surface area contributed by atoms with E-state index in [0.29, 0.717) is 18.2 Å². The van der Waals surface area contributed by atoms with Gasteiger partial charge in [-0.15, -0.1) is 11.6 Å². The van der Waals surface area contributed by atoms with Crippen LogP contribution in [0, 0.1) is 17.5 Å². The summed E-state index contributed by atoms with van der Waals surface area (Å²) in [5.41, 5.74) is 14.8. The number of nitrogen functional groups attached to an aromatic ring is 1. The minimum Gasteiger partial charge on any atom is -0.384 e. The first-order valence-electron chi connectivity index (χ1n) is 24.4. The molecule has 3 atom stereocenters. The molecule has 80 heavy (non-hydrogen) atoms. The van der Waals surface area contributed by atoms with Gasteiger partial charge in [0.1, 0.15) is 80.1 Å². The number of pyridine rings is 3. The molecule has 8 heterocycles.